The number of carboxylic acid groups (broad SMARTS) is 1. The second-order valence-electron chi connectivity index (χ2n) is 10.6. The first-order valence-electron chi connectivity index (χ1n) is 14.7. The molecule has 2 N–H and O–H groups in total. The van der Waals surface area contributed by atoms with Gasteiger partial charge in [-0.25, -0.2) is 14.4 Å². The van der Waals surface area contributed by atoms with Crippen LogP contribution in [0.2, 0.25) is 0 Å². The van der Waals surface area contributed by atoms with Crippen LogP contribution >= 0.6 is 0 Å². The van der Waals surface area contributed by atoms with Gasteiger partial charge in [0.1, 0.15) is 12.6 Å². The van der Waals surface area contributed by atoms with Crippen LogP contribution in [0, 0.1) is 0 Å². The molecule has 4 atom stereocenters. The molecule has 12 nitrogen and oxygen atoms in total. The average Bonchev–Trinajstić information content (AvgIpc) is 3.06. The lowest BCUT2D eigenvalue weighted by atomic mass is 9.90. The van der Waals surface area contributed by atoms with Crippen molar-refractivity contribution in [3.63, 3.8) is 0 Å². The van der Waals surface area contributed by atoms with Crippen molar-refractivity contribution in [2.24, 2.45) is 0 Å². The van der Waals surface area contributed by atoms with Gasteiger partial charge in [0.25, 0.3) is 0 Å². The quantitative estimate of drug-likeness (QED) is 0.224. The van der Waals surface area contributed by atoms with E-state index < -0.39 is 66.6 Å². The maximum absolute atomic E-state index is 13.6. The fourth-order valence-electron chi connectivity index (χ4n) is 5.12. The van der Waals surface area contributed by atoms with Crippen molar-refractivity contribution in [3.8, 4) is 0 Å². The zero-order valence-electron chi connectivity index (χ0n) is 25.1. The van der Waals surface area contributed by atoms with Crippen LogP contribution in [0.3, 0.4) is 0 Å². The molecule has 2 amide bonds. The number of carboxylic acids is 1. The SMILES string of the molecule is CC(=O)NC1CN(C(=O)CCCC(=O)O)C(COC(=O)c2ccccc2)[C@H](OC(=O)c2ccccc2)[C@@H]1OC(=O)c1ccccc1. The molecule has 1 heterocycles. The monoisotopic (exact) mass is 630 g/mol. The number of amides is 2. The van der Waals surface area contributed by atoms with Gasteiger partial charge >= 0.3 is 23.9 Å². The zero-order chi connectivity index (χ0) is 33.1. The zero-order valence-corrected chi connectivity index (χ0v) is 25.1. The summed E-state index contributed by atoms with van der Waals surface area (Å²) in [4.78, 5) is 78.1. The van der Waals surface area contributed by atoms with E-state index in [1.807, 2.05) is 0 Å². The predicted molar refractivity (Wildman–Crippen MR) is 163 cm³/mol. The van der Waals surface area contributed by atoms with Gasteiger partial charge < -0.3 is 29.5 Å². The Balaban J connectivity index is 1.75. The van der Waals surface area contributed by atoms with Crippen molar-refractivity contribution in [3.05, 3.63) is 108 Å². The summed E-state index contributed by atoms with van der Waals surface area (Å²) in [6, 6.07) is 21.9. The first-order chi connectivity index (χ1) is 22.1. The number of hydrogen-bond acceptors (Lipinski definition) is 9. The van der Waals surface area contributed by atoms with E-state index in [1.165, 1.54) is 36.1 Å². The number of carbonyl (C=O) groups excluding carboxylic acids is 5. The number of hydrogen-bond donors (Lipinski definition) is 2. The minimum Gasteiger partial charge on any atom is -0.481 e. The number of esters is 3. The molecule has 46 heavy (non-hydrogen) atoms. The average molecular weight is 631 g/mol. The van der Waals surface area contributed by atoms with Gasteiger partial charge in [0, 0.05) is 26.3 Å². The minimum absolute atomic E-state index is 0.00683. The normalized spacial score (nSPS) is 18.9. The Labute approximate surface area is 265 Å². The molecule has 0 saturated carbocycles. The number of ether oxygens (including phenoxy) is 3. The number of aliphatic carboxylic acids is 1. The molecular weight excluding hydrogens is 596 g/mol. The summed E-state index contributed by atoms with van der Waals surface area (Å²) < 4.78 is 17.5. The molecule has 0 spiro atoms. The first kappa shape index (κ1) is 33.4. The van der Waals surface area contributed by atoms with Gasteiger partial charge in [-0.3, -0.25) is 14.4 Å². The second-order valence-corrected chi connectivity index (χ2v) is 10.6. The molecule has 0 radical (unpaired) electrons. The smallest absolute Gasteiger partial charge is 0.338 e. The Morgan fingerprint density at radius 2 is 1.20 bits per heavy atom. The third kappa shape index (κ3) is 9.00. The molecule has 3 aromatic rings. The van der Waals surface area contributed by atoms with Crippen LogP contribution in [0.4, 0.5) is 0 Å². The number of nitrogens with one attached hydrogen (secondary N) is 1. The predicted octanol–water partition coefficient (Wildman–Crippen LogP) is 3.27. The summed E-state index contributed by atoms with van der Waals surface area (Å²) >= 11 is 0. The van der Waals surface area contributed by atoms with Crippen molar-refractivity contribution in [2.45, 2.75) is 50.5 Å². The van der Waals surface area contributed by atoms with Gasteiger partial charge in [-0.2, -0.15) is 0 Å². The van der Waals surface area contributed by atoms with Crippen molar-refractivity contribution in [1.29, 1.82) is 0 Å². The molecular formula is C34H34N2O10. The van der Waals surface area contributed by atoms with E-state index in [9.17, 15) is 28.8 Å². The summed E-state index contributed by atoms with van der Waals surface area (Å²) in [6.07, 6.45) is -3.22. The van der Waals surface area contributed by atoms with Gasteiger partial charge in [0.2, 0.25) is 11.8 Å². The highest BCUT2D eigenvalue weighted by Gasteiger charge is 2.50. The number of rotatable bonds is 12. The Hall–Kier alpha value is -5.52. The topological polar surface area (TPSA) is 166 Å². The summed E-state index contributed by atoms with van der Waals surface area (Å²) in [5, 5.41) is 11.8. The van der Waals surface area contributed by atoms with Crippen LogP contribution in [0.1, 0.15) is 57.3 Å². The Morgan fingerprint density at radius 3 is 1.67 bits per heavy atom. The number of likely N-dealkylation sites (tertiary alicyclic amines) is 1. The van der Waals surface area contributed by atoms with Crippen LogP contribution in [-0.2, 0) is 28.6 Å². The van der Waals surface area contributed by atoms with Crippen LogP contribution in [0.15, 0.2) is 91.0 Å². The molecule has 1 aliphatic rings. The summed E-state index contributed by atoms with van der Waals surface area (Å²) in [7, 11) is 0. The second kappa shape index (κ2) is 16.0. The van der Waals surface area contributed by atoms with Crippen LogP contribution < -0.4 is 5.32 Å². The van der Waals surface area contributed by atoms with E-state index >= 15 is 0 Å². The van der Waals surface area contributed by atoms with Crippen LogP contribution in [0.25, 0.3) is 0 Å². The molecule has 1 saturated heterocycles. The standard InChI is InChI=1S/C34H34N2O10/c1-22(37)35-26-20-36(28(38)18-11-19-29(39)40)27(21-44-32(41)23-12-5-2-6-13-23)31(46-34(43)25-16-9-4-10-17-25)30(26)45-33(42)24-14-7-3-8-15-24/h2-10,12-17,26-27,30-31H,11,18-21H2,1H3,(H,35,37)(H,39,40)/t26?,27?,30-,31+/m1/s1. The third-order valence-corrected chi connectivity index (χ3v) is 7.28. The lowest BCUT2D eigenvalue weighted by molar-refractivity contribution is -0.155. The first-order valence-corrected chi connectivity index (χ1v) is 14.7. The highest BCUT2D eigenvalue weighted by Crippen LogP contribution is 2.28. The van der Waals surface area contributed by atoms with E-state index in [-0.39, 0.29) is 42.5 Å². The van der Waals surface area contributed by atoms with Gasteiger partial charge in [-0.1, -0.05) is 54.6 Å². The maximum Gasteiger partial charge on any atom is 0.338 e. The summed E-state index contributed by atoms with van der Waals surface area (Å²) in [5.74, 6) is -4.43. The maximum atomic E-state index is 13.6. The molecule has 2 unspecified atom stereocenters. The summed E-state index contributed by atoms with van der Waals surface area (Å²) in [5.41, 5.74) is 0.590. The summed E-state index contributed by atoms with van der Waals surface area (Å²) in [6.45, 7) is 0.552. The lowest BCUT2D eigenvalue weighted by Gasteiger charge is -2.47. The van der Waals surface area contributed by atoms with E-state index in [0.717, 1.165) is 0 Å². The highest BCUT2D eigenvalue weighted by atomic mass is 16.6. The van der Waals surface area contributed by atoms with E-state index in [4.69, 9.17) is 19.3 Å². The van der Waals surface area contributed by atoms with Gasteiger partial charge in [-0.15, -0.1) is 0 Å². The molecule has 0 aliphatic carbocycles. The molecule has 0 bridgehead atoms. The number of piperidine rings is 1. The van der Waals surface area contributed by atoms with E-state index in [0.29, 0.717) is 0 Å². The Kier molecular flexibility index (Phi) is 11.6. The van der Waals surface area contributed by atoms with E-state index in [2.05, 4.69) is 5.32 Å². The van der Waals surface area contributed by atoms with Gasteiger partial charge in [-0.05, 0) is 42.8 Å². The lowest BCUT2D eigenvalue weighted by Crippen LogP contribution is -2.69. The minimum atomic E-state index is -1.43. The van der Waals surface area contributed by atoms with Crippen molar-refractivity contribution in [2.75, 3.05) is 13.2 Å². The van der Waals surface area contributed by atoms with Gasteiger partial charge in [0.05, 0.1) is 22.7 Å². The van der Waals surface area contributed by atoms with Crippen LogP contribution in [0.5, 0.6) is 0 Å². The highest BCUT2D eigenvalue weighted by molar-refractivity contribution is 5.91. The molecule has 1 fully saturated rings. The fraction of sp³-hybridized carbons (Fsp3) is 0.294. The van der Waals surface area contributed by atoms with Crippen molar-refractivity contribution >= 4 is 35.7 Å². The Bertz CT molecular complexity index is 1530. The van der Waals surface area contributed by atoms with Crippen molar-refractivity contribution in [1.82, 2.24) is 10.2 Å². The fourth-order valence-corrected chi connectivity index (χ4v) is 5.12. The Morgan fingerprint density at radius 1 is 0.717 bits per heavy atom. The van der Waals surface area contributed by atoms with Crippen molar-refractivity contribution < 1.29 is 48.1 Å². The largest absolute Gasteiger partial charge is 0.481 e. The number of nitrogens with zero attached hydrogens (tertiary/aromatic N) is 1. The third-order valence-electron chi connectivity index (χ3n) is 7.28. The van der Waals surface area contributed by atoms with Crippen LogP contribution in [-0.4, -0.2) is 83.1 Å². The molecule has 3 aromatic carbocycles. The number of carbonyl (C=O) groups is 6. The van der Waals surface area contributed by atoms with Gasteiger partial charge in [0.15, 0.2) is 12.2 Å². The molecule has 12 heteroatoms. The molecule has 4 rings (SSSR count). The number of benzene rings is 3. The molecule has 1 aliphatic heterocycles. The molecule has 240 valence electrons. The molecule has 0 aromatic heterocycles. The van der Waals surface area contributed by atoms with E-state index in [1.54, 1.807) is 66.7 Å².